The number of nitrogens with one attached hydrogen (secondary N) is 2. The van der Waals surface area contributed by atoms with Crippen molar-refractivity contribution in [3.63, 3.8) is 0 Å². The van der Waals surface area contributed by atoms with Crippen molar-refractivity contribution in [2.75, 3.05) is 6.54 Å². The fourth-order valence-electron chi connectivity index (χ4n) is 4.58. The molecule has 2 unspecified atom stereocenters. The Morgan fingerprint density at radius 1 is 1.05 bits per heavy atom. The molecule has 3 rings (SSSR count). The Labute approximate surface area is 220 Å². The number of aromatic nitrogens is 1. The lowest BCUT2D eigenvalue weighted by atomic mass is 10.0. The summed E-state index contributed by atoms with van der Waals surface area (Å²) < 4.78 is 5.39. The molecule has 200 valence electrons. The van der Waals surface area contributed by atoms with E-state index in [1.807, 2.05) is 62.4 Å². The standard InChI is InChI=1S/C29H40N4O4/c1-20(2)18-24(32-28(36)37-29(3,4)5)27(35)33-17-11-15-25(33)26(34)31-23(21-12-7-6-8-13-21)19-22-14-9-10-16-30-22/h6-10,12-14,16,20,23-25H,11,15,17-19H2,1-5H3,(H,31,34)(H,32,36)/t23?,24?,25-/m0/s1. The molecule has 0 aliphatic carbocycles. The van der Waals surface area contributed by atoms with Crippen LogP contribution in [-0.4, -0.2) is 52.0 Å². The highest BCUT2D eigenvalue weighted by atomic mass is 16.6. The van der Waals surface area contributed by atoms with Crippen molar-refractivity contribution in [3.05, 3.63) is 66.0 Å². The summed E-state index contributed by atoms with van der Waals surface area (Å²) in [5, 5.41) is 5.92. The number of hydrogen-bond donors (Lipinski definition) is 2. The lowest BCUT2D eigenvalue weighted by molar-refractivity contribution is -0.140. The summed E-state index contributed by atoms with van der Waals surface area (Å²) in [6.45, 7) is 9.79. The molecule has 3 atom stereocenters. The highest BCUT2D eigenvalue weighted by molar-refractivity contribution is 5.92. The molecule has 0 spiro atoms. The van der Waals surface area contributed by atoms with Crippen molar-refractivity contribution in [2.24, 2.45) is 5.92 Å². The molecule has 8 nitrogen and oxygen atoms in total. The Hall–Kier alpha value is -3.42. The first-order chi connectivity index (χ1) is 17.5. The molecule has 2 aromatic rings. The van der Waals surface area contributed by atoms with Crippen molar-refractivity contribution in [3.8, 4) is 0 Å². The molecule has 1 aliphatic rings. The molecule has 1 aliphatic heterocycles. The van der Waals surface area contributed by atoms with Gasteiger partial charge in [-0.25, -0.2) is 4.79 Å². The van der Waals surface area contributed by atoms with Crippen molar-refractivity contribution in [1.82, 2.24) is 20.5 Å². The minimum atomic E-state index is -0.762. The average molecular weight is 509 g/mol. The third-order valence-electron chi connectivity index (χ3n) is 6.19. The molecule has 1 saturated heterocycles. The van der Waals surface area contributed by atoms with Gasteiger partial charge in [-0.1, -0.05) is 50.2 Å². The molecule has 8 heteroatoms. The molecule has 2 N–H and O–H groups in total. The van der Waals surface area contributed by atoms with Gasteiger partial charge in [-0.15, -0.1) is 0 Å². The van der Waals surface area contributed by atoms with Crippen molar-refractivity contribution in [2.45, 2.75) is 84.0 Å². The molecular formula is C29H40N4O4. The molecule has 1 aromatic heterocycles. The maximum Gasteiger partial charge on any atom is 0.408 e. The summed E-state index contributed by atoms with van der Waals surface area (Å²) in [6, 6.07) is 13.9. The number of rotatable bonds is 9. The van der Waals surface area contributed by atoms with E-state index in [9.17, 15) is 14.4 Å². The molecule has 0 bridgehead atoms. The van der Waals surface area contributed by atoms with Gasteiger partial charge in [0.25, 0.3) is 0 Å². The van der Waals surface area contributed by atoms with Gasteiger partial charge < -0.3 is 20.3 Å². The number of benzene rings is 1. The third kappa shape index (κ3) is 8.58. The number of amides is 3. The van der Waals surface area contributed by atoms with E-state index in [4.69, 9.17) is 4.74 Å². The van der Waals surface area contributed by atoms with Gasteiger partial charge in [-0.05, 0) is 63.6 Å². The first-order valence-corrected chi connectivity index (χ1v) is 13.1. The average Bonchev–Trinajstić information content (AvgIpc) is 3.33. The van der Waals surface area contributed by atoms with Crippen LogP contribution in [0.1, 0.15) is 71.2 Å². The predicted octanol–water partition coefficient (Wildman–Crippen LogP) is 4.41. The normalized spacial score (nSPS) is 17.2. The first kappa shape index (κ1) is 28.2. The second kappa shape index (κ2) is 12.7. The van der Waals surface area contributed by atoms with Crippen LogP contribution in [0.5, 0.6) is 0 Å². The number of nitrogens with zero attached hydrogens (tertiary/aromatic N) is 2. The number of alkyl carbamates (subject to hydrolysis) is 1. The van der Waals surface area contributed by atoms with E-state index in [-0.39, 0.29) is 23.8 Å². The molecule has 1 fully saturated rings. The molecule has 37 heavy (non-hydrogen) atoms. The van der Waals surface area contributed by atoms with Crippen LogP contribution in [0.3, 0.4) is 0 Å². The zero-order valence-corrected chi connectivity index (χ0v) is 22.6. The van der Waals surface area contributed by atoms with E-state index in [0.29, 0.717) is 25.8 Å². The number of carbonyl (C=O) groups excluding carboxylic acids is 3. The zero-order valence-electron chi connectivity index (χ0n) is 22.6. The number of hydrogen-bond acceptors (Lipinski definition) is 5. The van der Waals surface area contributed by atoms with E-state index in [1.165, 1.54) is 0 Å². The Bertz CT molecular complexity index is 1040. The SMILES string of the molecule is CC(C)CC(NC(=O)OC(C)(C)C)C(=O)N1CCC[C@H]1C(=O)NC(Cc1ccccn1)c1ccccc1. The van der Waals surface area contributed by atoms with Crippen LogP contribution in [0.2, 0.25) is 0 Å². The Balaban J connectivity index is 1.75. The van der Waals surface area contributed by atoms with Gasteiger partial charge in [-0.3, -0.25) is 14.6 Å². The van der Waals surface area contributed by atoms with Crippen LogP contribution in [-0.2, 0) is 20.7 Å². The summed E-state index contributed by atoms with van der Waals surface area (Å²) >= 11 is 0. The van der Waals surface area contributed by atoms with Crippen molar-refractivity contribution in [1.29, 1.82) is 0 Å². The van der Waals surface area contributed by atoms with Gasteiger partial charge in [0.15, 0.2) is 0 Å². The summed E-state index contributed by atoms with van der Waals surface area (Å²) in [4.78, 5) is 45.7. The van der Waals surface area contributed by atoms with Gasteiger partial charge in [0.2, 0.25) is 11.8 Å². The molecule has 2 heterocycles. The van der Waals surface area contributed by atoms with Gasteiger partial charge in [0.1, 0.15) is 17.7 Å². The molecule has 0 saturated carbocycles. The van der Waals surface area contributed by atoms with E-state index < -0.39 is 23.8 Å². The highest BCUT2D eigenvalue weighted by Crippen LogP contribution is 2.23. The third-order valence-corrected chi connectivity index (χ3v) is 6.19. The topological polar surface area (TPSA) is 101 Å². The van der Waals surface area contributed by atoms with E-state index in [2.05, 4.69) is 15.6 Å². The Kier molecular flexibility index (Phi) is 9.66. The smallest absolute Gasteiger partial charge is 0.408 e. The predicted molar refractivity (Wildman–Crippen MR) is 143 cm³/mol. The zero-order chi connectivity index (χ0) is 27.0. The number of likely N-dealkylation sites (tertiary alicyclic amines) is 1. The van der Waals surface area contributed by atoms with Crippen molar-refractivity contribution >= 4 is 17.9 Å². The van der Waals surface area contributed by atoms with E-state index in [0.717, 1.165) is 17.7 Å². The Morgan fingerprint density at radius 3 is 2.38 bits per heavy atom. The molecule has 1 aromatic carbocycles. The number of pyridine rings is 1. The number of ether oxygens (including phenoxy) is 1. The lowest BCUT2D eigenvalue weighted by Gasteiger charge is -2.31. The first-order valence-electron chi connectivity index (χ1n) is 13.1. The second-order valence-corrected chi connectivity index (χ2v) is 11.0. The van der Waals surface area contributed by atoms with E-state index >= 15 is 0 Å². The van der Waals surface area contributed by atoms with Gasteiger partial charge in [0, 0.05) is 24.9 Å². The van der Waals surface area contributed by atoms with Crippen LogP contribution < -0.4 is 10.6 Å². The van der Waals surface area contributed by atoms with Crippen molar-refractivity contribution < 1.29 is 19.1 Å². The van der Waals surface area contributed by atoms with Gasteiger partial charge in [0.05, 0.1) is 6.04 Å². The van der Waals surface area contributed by atoms with Crippen LogP contribution in [0, 0.1) is 5.92 Å². The maximum atomic E-state index is 13.6. The van der Waals surface area contributed by atoms with Crippen LogP contribution in [0.25, 0.3) is 0 Å². The molecular weight excluding hydrogens is 468 g/mol. The minimum Gasteiger partial charge on any atom is -0.444 e. The van der Waals surface area contributed by atoms with Gasteiger partial charge in [-0.2, -0.15) is 0 Å². The van der Waals surface area contributed by atoms with Gasteiger partial charge >= 0.3 is 6.09 Å². The fourth-order valence-corrected chi connectivity index (χ4v) is 4.58. The highest BCUT2D eigenvalue weighted by Gasteiger charge is 2.39. The van der Waals surface area contributed by atoms with Crippen LogP contribution >= 0.6 is 0 Å². The largest absolute Gasteiger partial charge is 0.444 e. The summed E-state index contributed by atoms with van der Waals surface area (Å²) in [6.07, 6.45) is 3.39. The summed E-state index contributed by atoms with van der Waals surface area (Å²) in [5.41, 5.74) is 1.17. The summed E-state index contributed by atoms with van der Waals surface area (Å²) in [7, 11) is 0. The molecule has 0 radical (unpaired) electrons. The maximum absolute atomic E-state index is 13.6. The quantitative estimate of drug-likeness (QED) is 0.523. The Morgan fingerprint density at radius 2 is 1.76 bits per heavy atom. The monoisotopic (exact) mass is 508 g/mol. The molecule has 3 amide bonds. The lowest BCUT2D eigenvalue weighted by Crippen LogP contribution is -2.54. The number of carbonyl (C=O) groups is 3. The summed E-state index contributed by atoms with van der Waals surface area (Å²) in [5.74, 6) is -0.283. The minimum absolute atomic E-state index is 0.166. The fraction of sp³-hybridized carbons (Fsp3) is 0.517. The second-order valence-electron chi connectivity index (χ2n) is 11.0. The van der Waals surface area contributed by atoms with E-state index in [1.54, 1.807) is 31.9 Å². The van der Waals surface area contributed by atoms with Crippen LogP contribution in [0.15, 0.2) is 54.7 Å². The van der Waals surface area contributed by atoms with Crippen LogP contribution in [0.4, 0.5) is 4.79 Å².